The van der Waals surface area contributed by atoms with Crippen LogP contribution in [0.25, 0.3) is 0 Å². The molecule has 0 aromatic carbocycles. The van der Waals surface area contributed by atoms with Crippen LogP contribution in [-0.4, -0.2) is 23.7 Å². The van der Waals surface area contributed by atoms with Crippen molar-refractivity contribution in [1.29, 1.82) is 0 Å². The zero-order valence-corrected chi connectivity index (χ0v) is 12.6. The average Bonchev–Trinajstić information content (AvgIpc) is 2.81. The molecule has 1 aliphatic carbocycles. The number of carbonyl (C=O) groups is 1. The Kier molecular flexibility index (Phi) is 4.99. The van der Waals surface area contributed by atoms with Crippen LogP contribution in [0.1, 0.15) is 53.2 Å². The van der Waals surface area contributed by atoms with Crippen LogP contribution in [-0.2, 0) is 12.8 Å². The van der Waals surface area contributed by atoms with E-state index in [9.17, 15) is 4.79 Å². The second-order valence-electron chi connectivity index (χ2n) is 5.46. The summed E-state index contributed by atoms with van der Waals surface area (Å²) < 4.78 is 0. The second kappa shape index (κ2) is 6.53. The van der Waals surface area contributed by atoms with Crippen LogP contribution in [0.15, 0.2) is 6.07 Å². The van der Waals surface area contributed by atoms with Crippen LogP contribution in [0.3, 0.4) is 0 Å². The molecule has 2 atom stereocenters. The van der Waals surface area contributed by atoms with E-state index in [-0.39, 0.29) is 18.6 Å². The summed E-state index contributed by atoms with van der Waals surface area (Å²) in [5.74, 6) is 0.791. The van der Waals surface area contributed by atoms with Gasteiger partial charge in [0, 0.05) is 17.5 Å². The minimum Gasteiger partial charge on any atom is -0.396 e. The van der Waals surface area contributed by atoms with E-state index in [1.54, 1.807) is 11.3 Å². The molecule has 1 aliphatic rings. The zero-order valence-electron chi connectivity index (χ0n) is 11.7. The van der Waals surface area contributed by atoms with E-state index in [1.165, 1.54) is 23.3 Å². The van der Waals surface area contributed by atoms with Crippen LogP contribution in [0.2, 0.25) is 0 Å². The first kappa shape index (κ1) is 14.5. The number of rotatable bonds is 5. The largest absolute Gasteiger partial charge is 0.396 e. The fourth-order valence-electron chi connectivity index (χ4n) is 2.62. The van der Waals surface area contributed by atoms with Crippen molar-refractivity contribution in [2.24, 2.45) is 5.92 Å². The van der Waals surface area contributed by atoms with E-state index in [1.807, 2.05) is 6.92 Å². The molecule has 0 saturated carbocycles. The predicted octanol–water partition coefficient (Wildman–Crippen LogP) is 2.76. The number of thiophene rings is 1. The van der Waals surface area contributed by atoms with Gasteiger partial charge in [0.2, 0.25) is 0 Å². The summed E-state index contributed by atoms with van der Waals surface area (Å²) in [6.45, 7) is 4.28. The molecule has 0 radical (unpaired) electrons. The van der Waals surface area contributed by atoms with E-state index in [4.69, 9.17) is 5.11 Å². The second-order valence-corrected chi connectivity index (χ2v) is 6.60. The summed E-state index contributed by atoms with van der Waals surface area (Å²) in [6.07, 6.45) is 5.34. The van der Waals surface area contributed by atoms with Crippen molar-refractivity contribution in [3.63, 3.8) is 0 Å². The van der Waals surface area contributed by atoms with Gasteiger partial charge in [-0.25, -0.2) is 0 Å². The molecule has 19 heavy (non-hydrogen) atoms. The number of carbonyl (C=O) groups excluding carboxylic acids is 1. The van der Waals surface area contributed by atoms with Gasteiger partial charge in [0.1, 0.15) is 0 Å². The van der Waals surface area contributed by atoms with Crippen LogP contribution >= 0.6 is 11.3 Å². The first-order valence-corrected chi connectivity index (χ1v) is 7.99. The number of nitrogens with one attached hydrogen (secondary N) is 1. The Balaban J connectivity index is 2.02. The van der Waals surface area contributed by atoms with Crippen LogP contribution in [0, 0.1) is 5.92 Å². The third-order valence-corrected chi connectivity index (χ3v) is 5.16. The molecule has 4 heteroatoms. The van der Waals surface area contributed by atoms with Gasteiger partial charge >= 0.3 is 0 Å². The number of hydrogen-bond acceptors (Lipinski definition) is 3. The van der Waals surface area contributed by atoms with E-state index in [0.717, 1.165) is 23.6 Å². The fourth-order valence-corrected chi connectivity index (χ4v) is 3.73. The fraction of sp³-hybridized carbons (Fsp3) is 0.667. The monoisotopic (exact) mass is 281 g/mol. The van der Waals surface area contributed by atoms with Gasteiger partial charge in [0.05, 0.1) is 4.88 Å². The summed E-state index contributed by atoms with van der Waals surface area (Å²) in [5, 5.41) is 11.8. The van der Waals surface area contributed by atoms with Gasteiger partial charge in [0.25, 0.3) is 5.91 Å². The molecule has 1 amide bonds. The quantitative estimate of drug-likeness (QED) is 0.872. The third kappa shape index (κ3) is 3.57. The van der Waals surface area contributed by atoms with E-state index < -0.39 is 0 Å². The highest BCUT2D eigenvalue weighted by molar-refractivity contribution is 7.14. The molecule has 0 spiro atoms. The molecule has 0 aliphatic heterocycles. The predicted molar refractivity (Wildman–Crippen MR) is 78.8 cm³/mol. The Morgan fingerprint density at radius 2 is 2.42 bits per heavy atom. The lowest BCUT2D eigenvalue weighted by atomic mass is 9.87. The molecule has 0 saturated heterocycles. The van der Waals surface area contributed by atoms with Gasteiger partial charge in [0.15, 0.2) is 0 Å². The van der Waals surface area contributed by atoms with Gasteiger partial charge in [-0.1, -0.05) is 13.3 Å². The molecule has 2 rings (SSSR count). The highest BCUT2D eigenvalue weighted by Crippen LogP contribution is 2.33. The van der Waals surface area contributed by atoms with Gasteiger partial charge in [-0.2, -0.15) is 0 Å². The van der Waals surface area contributed by atoms with Crippen LogP contribution in [0.4, 0.5) is 0 Å². The normalized spacial score (nSPS) is 19.8. The van der Waals surface area contributed by atoms with E-state index in [0.29, 0.717) is 6.42 Å². The smallest absolute Gasteiger partial charge is 0.261 e. The van der Waals surface area contributed by atoms with Crippen molar-refractivity contribution in [2.45, 2.75) is 52.0 Å². The minimum atomic E-state index is 0.00778. The first-order valence-electron chi connectivity index (χ1n) is 7.17. The lowest BCUT2D eigenvalue weighted by molar-refractivity contribution is 0.0938. The third-order valence-electron chi connectivity index (χ3n) is 3.93. The lowest BCUT2D eigenvalue weighted by Gasteiger charge is -2.19. The van der Waals surface area contributed by atoms with Crippen molar-refractivity contribution < 1.29 is 9.90 Å². The molecule has 2 unspecified atom stereocenters. The topological polar surface area (TPSA) is 49.3 Å². The Labute approximate surface area is 119 Å². The molecule has 2 N–H and O–H groups in total. The number of hydrogen-bond donors (Lipinski definition) is 2. The summed E-state index contributed by atoms with van der Waals surface area (Å²) in [5.41, 5.74) is 1.38. The Morgan fingerprint density at radius 3 is 3.11 bits per heavy atom. The lowest BCUT2D eigenvalue weighted by Crippen LogP contribution is -2.32. The molecule has 0 fully saturated rings. The average molecular weight is 281 g/mol. The van der Waals surface area contributed by atoms with Crippen molar-refractivity contribution in [1.82, 2.24) is 5.32 Å². The molecular formula is C15H23NO2S. The van der Waals surface area contributed by atoms with Crippen molar-refractivity contribution >= 4 is 17.2 Å². The maximum atomic E-state index is 12.1. The van der Waals surface area contributed by atoms with Crippen molar-refractivity contribution in [2.75, 3.05) is 6.61 Å². The first-order chi connectivity index (χ1) is 9.13. The molecule has 3 nitrogen and oxygen atoms in total. The van der Waals surface area contributed by atoms with E-state index >= 15 is 0 Å². The number of fused-ring (bicyclic) bond motifs is 1. The minimum absolute atomic E-state index is 0.00778. The molecule has 1 aromatic rings. The number of aliphatic hydroxyl groups excluding tert-OH is 1. The molecule has 1 heterocycles. The maximum absolute atomic E-state index is 12.1. The van der Waals surface area contributed by atoms with Gasteiger partial charge < -0.3 is 10.4 Å². The highest BCUT2D eigenvalue weighted by Gasteiger charge is 2.22. The van der Waals surface area contributed by atoms with Crippen LogP contribution < -0.4 is 5.32 Å². The van der Waals surface area contributed by atoms with Crippen molar-refractivity contribution in [3.8, 4) is 0 Å². The summed E-state index contributed by atoms with van der Waals surface area (Å²) in [4.78, 5) is 14.3. The maximum Gasteiger partial charge on any atom is 0.261 e. The Bertz CT molecular complexity index is 441. The number of aliphatic hydroxyl groups is 1. The summed E-state index contributed by atoms with van der Waals surface area (Å²) >= 11 is 1.64. The Hall–Kier alpha value is -0.870. The van der Waals surface area contributed by atoms with Crippen LogP contribution in [0.5, 0.6) is 0 Å². The van der Waals surface area contributed by atoms with Crippen molar-refractivity contribution in [3.05, 3.63) is 21.4 Å². The zero-order chi connectivity index (χ0) is 13.8. The number of amides is 1. The number of aryl methyl sites for hydroxylation is 1. The molecule has 106 valence electrons. The standard InChI is InChI=1S/C15H23NO2S/c1-3-11-4-5-13-12(8-11)9-14(19-13)15(18)16-10(2)6-7-17/h9-11,17H,3-8H2,1-2H3,(H,16,18). The van der Waals surface area contributed by atoms with Gasteiger partial charge in [-0.05, 0) is 50.2 Å². The SMILES string of the molecule is CCC1CCc2sc(C(=O)NC(C)CCO)cc2C1. The van der Waals surface area contributed by atoms with Gasteiger partial charge in [-0.15, -0.1) is 11.3 Å². The van der Waals surface area contributed by atoms with E-state index in [2.05, 4.69) is 18.3 Å². The van der Waals surface area contributed by atoms with Gasteiger partial charge in [-0.3, -0.25) is 4.79 Å². The summed E-state index contributed by atoms with van der Waals surface area (Å²) in [6, 6.07) is 2.10. The molecular weight excluding hydrogens is 258 g/mol. The highest BCUT2D eigenvalue weighted by atomic mass is 32.1. The molecule has 1 aromatic heterocycles. The summed E-state index contributed by atoms with van der Waals surface area (Å²) in [7, 11) is 0. The molecule has 0 bridgehead atoms. The Morgan fingerprint density at radius 1 is 1.63 bits per heavy atom.